The van der Waals surface area contributed by atoms with E-state index < -0.39 is 0 Å². The molecule has 0 atom stereocenters. The molecule has 1 aromatic heterocycles. The third-order valence-electron chi connectivity index (χ3n) is 7.29. The summed E-state index contributed by atoms with van der Waals surface area (Å²) in [5.41, 5.74) is 7.47. The van der Waals surface area contributed by atoms with Crippen LogP contribution < -0.4 is 10.1 Å². The molecule has 1 aliphatic carbocycles. The van der Waals surface area contributed by atoms with Gasteiger partial charge in [-0.3, -0.25) is 9.89 Å². The van der Waals surface area contributed by atoms with Gasteiger partial charge in [-0.2, -0.15) is 5.10 Å². The number of ether oxygens (including phenoxy) is 1. The van der Waals surface area contributed by atoms with E-state index in [1.807, 2.05) is 12.3 Å². The van der Waals surface area contributed by atoms with E-state index >= 15 is 0 Å². The summed E-state index contributed by atoms with van der Waals surface area (Å²) in [5.74, 6) is 1.37. The topological polar surface area (TPSA) is 67.0 Å². The molecule has 0 aliphatic heterocycles. The van der Waals surface area contributed by atoms with Gasteiger partial charge in [0.1, 0.15) is 5.75 Å². The van der Waals surface area contributed by atoms with Crippen LogP contribution in [0.1, 0.15) is 55.2 Å². The van der Waals surface area contributed by atoms with Gasteiger partial charge in [-0.05, 0) is 96.2 Å². The monoisotopic (exact) mass is 505 g/mol. The molecule has 5 heteroatoms. The lowest BCUT2D eigenvalue weighted by molar-refractivity contribution is -0.116. The molecule has 1 amide bonds. The second-order valence-electron chi connectivity index (χ2n) is 9.84. The van der Waals surface area contributed by atoms with Crippen molar-refractivity contribution in [2.75, 3.05) is 13.7 Å². The highest BCUT2D eigenvalue weighted by molar-refractivity contribution is 6.01. The minimum atomic E-state index is -0.0628. The van der Waals surface area contributed by atoms with Crippen molar-refractivity contribution in [2.24, 2.45) is 5.92 Å². The SMILES string of the molecule is CNC(=O)/C=C/CCCCOc1ccc(/C(=C(\c2ccccc2)C2CCC2)c2ccc3[nH]ncc3c2)cc1. The smallest absolute Gasteiger partial charge is 0.243 e. The summed E-state index contributed by atoms with van der Waals surface area (Å²) in [7, 11) is 1.64. The largest absolute Gasteiger partial charge is 0.494 e. The van der Waals surface area contributed by atoms with Gasteiger partial charge in [-0.15, -0.1) is 0 Å². The zero-order chi connectivity index (χ0) is 26.2. The number of nitrogens with zero attached hydrogens (tertiary/aromatic N) is 1. The molecule has 194 valence electrons. The highest BCUT2D eigenvalue weighted by Crippen LogP contribution is 2.45. The van der Waals surface area contributed by atoms with Crippen molar-refractivity contribution < 1.29 is 9.53 Å². The van der Waals surface area contributed by atoms with Crippen molar-refractivity contribution in [3.63, 3.8) is 0 Å². The molecule has 0 radical (unpaired) electrons. The lowest BCUT2D eigenvalue weighted by Crippen LogP contribution is -2.15. The minimum Gasteiger partial charge on any atom is -0.494 e. The molecule has 2 N–H and O–H groups in total. The van der Waals surface area contributed by atoms with E-state index in [-0.39, 0.29) is 5.91 Å². The van der Waals surface area contributed by atoms with E-state index in [0.717, 1.165) is 35.9 Å². The number of carbonyl (C=O) groups excluding carboxylic acids is 1. The second-order valence-corrected chi connectivity index (χ2v) is 9.84. The average Bonchev–Trinajstić information content (AvgIpc) is 3.40. The quantitative estimate of drug-likeness (QED) is 0.129. The highest BCUT2D eigenvalue weighted by Gasteiger charge is 2.27. The molecule has 3 aromatic carbocycles. The van der Waals surface area contributed by atoms with E-state index in [9.17, 15) is 4.79 Å². The Hall–Kier alpha value is -4.12. The van der Waals surface area contributed by atoms with Crippen molar-refractivity contribution in [1.29, 1.82) is 0 Å². The third-order valence-corrected chi connectivity index (χ3v) is 7.29. The van der Waals surface area contributed by atoms with Crippen LogP contribution >= 0.6 is 0 Å². The third kappa shape index (κ3) is 6.05. The Balaban J connectivity index is 1.39. The summed E-state index contributed by atoms with van der Waals surface area (Å²) in [6.07, 6.45) is 11.9. The van der Waals surface area contributed by atoms with Gasteiger partial charge in [0, 0.05) is 12.4 Å². The maximum absolute atomic E-state index is 11.2. The maximum Gasteiger partial charge on any atom is 0.243 e. The fourth-order valence-corrected chi connectivity index (χ4v) is 5.02. The van der Waals surface area contributed by atoms with E-state index in [1.165, 1.54) is 47.1 Å². The molecule has 5 rings (SSSR count). The molecule has 5 nitrogen and oxygen atoms in total. The predicted molar refractivity (Wildman–Crippen MR) is 155 cm³/mol. The first kappa shape index (κ1) is 25.5. The Kier molecular flexibility index (Phi) is 8.34. The number of allylic oxidation sites excluding steroid dienone is 2. The first-order valence-corrected chi connectivity index (χ1v) is 13.6. The molecule has 0 bridgehead atoms. The van der Waals surface area contributed by atoms with Crippen LogP contribution in [0.4, 0.5) is 0 Å². The second kappa shape index (κ2) is 12.4. The number of aromatic amines is 1. The highest BCUT2D eigenvalue weighted by atomic mass is 16.5. The normalized spacial score (nSPS) is 14.3. The first-order valence-electron chi connectivity index (χ1n) is 13.6. The molecular weight excluding hydrogens is 470 g/mol. The summed E-state index contributed by atoms with van der Waals surface area (Å²) < 4.78 is 6.04. The van der Waals surface area contributed by atoms with E-state index in [2.05, 4.69) is 88.3 Å². The molecule has 1 saturated carbocycles. The number of amides is 1. The van der Waals surface area contributed by atoms with Gasteiger partial charge >= 0.3 is 0 Å². The molecular formula is C33H35N3O2. The summed E-state index contributed by atoms with van der Waals surface area (Å²) in [4.78, 5) is 11.2. The molecule has 1 fully saturated rings. The number of unbranched alkanes of at least 4 members (excludes halogenated alkanes) is 2. The number of fused-ring (bicyclic) bond motifs is 1. The molecule has 0 saturated heterocycles. The van der Waals surface area contributed by atoms with Crippen LogP contribution in [-0.4, -0.2) is 29.8 Å². The van der Waals surface area contributed by atoms with Gasteiger partial charge in [-0.1, -0.05) is 61.0 Å². The Labute approximate surface area is 224 Å². The average molecular weight is 506 g/mol. The Morgan fingerprint density at radius 3 is 2.53 bits per heavy atom. The summed E-state index contributed by atoms with van der Waals surface area (Å²) >= 11 is 0. The lowest BCUT2D eigenvalue weighted by Gasteiger charge is -2.31. The molecule has 0 unspecified atom stereocenters. The van der Waals surface area contributed by atoms with Crippen LogP contribution in [-0.2, 0) is 4.79 Å². The van der Waals surface area contributed by atoms with Crippen LogP contribution in [0.2, 0.25) is 0 Å². The number of likely N-dealkylation sites (N-methyl/N-ethyl adjacent to an activating group) is 1. The Morgan fingerprint density at radius 1 is 1.00 bits per heavy atom. The molecule has 0 spiro atoms. The fraction of sp³-hybridized carbons (Fsp3) is 0.273. The van der Waals surface area contributed by atoms with Crippen molar-refractivity contribution in [1.82, 2.24) is 15.5 Å². The van der Waals surface area contributed by atoms with E-state index in [0.29, 0.717) is 12.5 Å². The lowest BCUT2D eigenvalue weighted by atomic mass is 9.73. The van der Waals surface area contributed by atoms with Crippen LogP contribution in [0.15, 0.2) is 91.1 Å². The molecule has 1 heterocycles. The number of rotatable bonds is 11. The maximum atomic E-state index is 11.2. The van der Waals surface area contributed by atoms with E-state index in [4.69, 9.17) is 4.74 Å². The summed E-state index contributed by atoms with van der Waals surface area (Å²) in [5, 5.41) is 11.0. The number of aromatic nitrogens is 2. The molecule has 1 aliphatic rings. The predicted octanol–water partition coefficient (Wildman–Crippen LogP) is 7.17. The number of nitrogens with one attached hydrogen (secondary N) is 2. The fourth-order valence-electron chi connectivity index (χ4n) is 5.02. The van der Waals surface area contributed by atoms with Gasteiger partial charge in [0.15, 0.2) is 0 Å². The van der Waals surface area contributed by atoms with Crippen LogP contribution in [0.25, 0.3) is 22.0 Å². The number of benzene rings is 3. The number of carbonyl (C=O) groups is 1. The van der Waals surface area contributed by atoms with E-state index in [1.54, 1.807) is 13.1 Å². The molecule has 4 aromatic rings. The van der Waals surface area contributed by atoms with Crippen LogP contribution in [0.3, 0.4) is 0 Å². The van der Waals surface area contributed by atoms with Crippen molar-refractivity contribution in [3.8, 4) is 5.75 Å². The van der Waals surface area contributed by atoms with Gasteiger partial charge in [0.2, 0.25) is 5.91 Å². The zero-order valence-electron chi connectivity index (χ0n) is 22.0. The number of H-pyrrole nitrogens is 1. The first-order chi connectivity index (χ1) is 18.7. The molecule has 38 heavy (non-hydrogen) atoms. The van der Waals surface area contributed by atoms with Crippen molar-refractivity contribution in [3.05, 3.63) is 108 Å². The van der Waals surface area contributed by atoms with Crippen molar-refractivity contribution >= 4 is 28.0 Å². The summed E-state index contributed by atoms with van der Waals surface area (Å²) in [6, 6.07) is 26.0. The van der Waals surface area contributed by atoms with Crippen LogP contribution in [0, 0.1) is 5.92 Å². The van der Waals surface area contributed by atoms with Crippen LogP contribution in [0.5, 0.6) is 5.75 Å². The minimum absolute atomic E-state index is 0.0628. The zero-order valence-corrected chi connectivity index (χ0v) is 22.0. The summed E-state index contributed by atoms with van der Waals surface area (Å²) in [6.45, 7) is 0.657. The number of hydrogen-bond acceptors (Lipinski definition) is 3. The van der Waals surface area contributed by atoms with Gasteiger partial charge in [0.05, 0.1) is 18.3 Å². The standard InChI is InChI=1S/C33H35N3O2/c1-34-31(37)14-7-2-3-8-21-38-29-18-15-26(16-19-29)33(27-17-20-30-28(22-27)23-35-36-30)32(25-12-9-13-25)24-10-5-4-6-11-24/h4-7,10-11,14-20,22-23,25H,2-3,8-9,12-13,21H2,1H3,(H,34,37)(H,35,36)/b14-7+,33-32-. The van der Waals surface area contributed by atoms with Gasteiger partial charge in [-0.25, -0.2) is 0 Å². The van der Waals surface area contributed by atoms with Crippen molar-refractivity contribution in [2.45, 2.75) is 38.5 Å². The van der Waals surface area contributed by atoms with Gasteiger partial charge in [0.25, 0.3) is 0 Å². The Bertz CT molecular complexity index is 1410. The Morgan fingerprint density at radius 2 is 1.79 bits per heavy atom. The van der Waals surface area contributed by atoms with Gasteiger partial charge < -0.3 is 10.1 Å². The number of hydrogen-bond donors (Lipinski definition) is 2.